The van der Waals surface area contributed by atoms with Crippen molar-refractivity contribution < 1.29 is 14.3 Å². The first-order valence-electron chi connectivity index (χ1n) is 9.67. The third kappa shape index (κ3) is 4.03. The molecule has 0 radical (unpaired) electrons. The van der Waals surface area contributed by atoms with Crippen LogP contribution in [0.3, 0.4) is 0 Å². The fraction of sp³-hybridized carbons (Fsp3) is 0.364. The van der Waals surface area contributed by atoms with Crippen LogP contribution in [-0.2, 0) is 0 Å². The minimum Gasteiger partial charge on any atom is -0.497 e. The van der Waals surface area contributed by atoms with E-state index in [9.17, 15) is 9.59 Å². The summed E-state index contributed by atoms with van der Waals surface area (Å²) in [4.78, 5) is 29.7. The number of methoxy groups -OCH3 is 1. The molecule has 2 aliphatic rings. The third-order valence-electron chi connectivity index (χ3n) is 5.68. The van der Waals surface area contributed by atoms with Gasteiger partial charge in [0, 0.05) is 41.0 Å². The van der Waals surface area contributed by atoms with Gasteiger partial charge in [-0.25, -0.2) is 0 Å². The van der Waals surface area contributed by atoms with Gasteiger partial charge in [-0.05, 0) is 61.4 Å². The van der Waals surface area contributed by atoms with Gasteiger partial charge in [0.2, 0.25) is 0 Å². The molecule has 0 atom stereocenters. The summed E-state index contributed by atoms with van der Waals surface area (Å²) in [6.45, 7) is 2.07. The van der Waals surface area contributed by atoms with Crippen molar-refractivity contribution in [1.82, 2.24) is 9.80 Å². The molecule has 1 spiro atoms. The molecule has 5 nitrogen and oxygen atoms in total. The quantitative estimate of drug-likeness (QED) is 0.665. The SMILES string of the molecule is COc1ccc(C(=O)N2CCSC23CCN(C(=O)c2ccc(Br)cc2)CC3)cc1. The van der Waals surface area contributed by atoms with Gasteiger partial charge in [-0.15, -0.1) is 11.8 Å². The summed E-state index contributed by atoms with van der Waals surface area (Å²) < 4.78 is 6.15. The average Bonchev–Trinajstić information content (AvgIpc) is 3.16. The summed E-state index contributed by atoms with van der Waals surface area (Å²) in [6.07, 6.45) is 1.59. The number of thioether (sulfide) groups is 1. The van der Waals surface area contributed by atoms with E-state index in [-0.39, 0.29) is 16.7 Å². The molecule has 2 aliphatic heterocycles. The Kier molecular flexibility index (Phi) is 5.88. The van der Waals surface area contributed by atoms with E-state index in [1.54, 1.807) is 7.11 Å². The first-order chi connectivity index (χ1) is 14.0. The van der Waals surface area contributed by atoms with Crippen molar-refractivity contribution in [3.05, 3.63) is 64.1 Å². The van der Waals surface area contributed by atoms with E-state index in [1.165, 1.54) is 0 Å². The summed E-state index contributed by atoms with van der Waals surface area (Å²) in [7, 11) is 1.62. The summed E-state index contributed by atoms with van der Waals surface area (Å²) in [5.41, 5.74) is 1.38. The van der Waals surface area contributed by atoms with Crippen LogP contribution in [0.15, 0.2) is 53.0 Å². The topological polar surface area (TPSA) is 49.9 Å². The predicted molar refractivity (Wildman–Crippen MR) is 118 cm³/mol. The van der Waals surface area contributed by atoms with Gasteiger partial charge in [0.25, 0.3) is 11.8 Å². The minimum absolute atomic E-state index is 0.0587. The molecule has 0 aliphatic carbocycles. The Morgan fingerprint density at radius 2 is 1.52 bits per heavy atom. The lowest BCUT2D eigenvalue weighted by Gasteiger charge is -2.44. The molecular formula is C22H23BrN2O3S. The van der Waals surface area contributed by atoms with E-state index in [0.717, 1.165) is 35.4 Å². The second-order valence-corrected chi connectivity index (χ2v) is 9.65. The normalized spacial score (nSPS) is 18.1. The zero-order chi connectivity index (χ0) is 20.4. The number of benzene rings is 2. The second-order valence-electron chi connectivity index (χ2n) is 7.28. The molecular weight excluding hydrogens is 452 g/mol. The highest BCUT2D eigenvalue weighted by Gasteiger charge is 2.47. The number of halogens is 1. The average molecular weight is 475 g/mol. The highest BCUT2D eigenvalue weighted by Crippen LogP contribution is 2.44. The Morgan fingerprint density at radius 3 is 2.14 bits per heavy atom. The maximum Gasteiger partial charge on any atom is 0.255 e. The number of carbonyl (C=O) groups excluding carboxylic acids is 2. The molecule has 0 N–H and O–H groups in total. The first-order valence-corrected chi connectivity index (χ1v) is 11.5. The third-order valence-corrected chi connectivity index (χ3v) is 7.76. The van der Waals surface area contributed by atoms with Gasteiger partial charge in [0.05, 0.1) is 12.0 Å². The second kappa shape index (κ2) is 8.40. The molecule has 2 aromatic rings. The number of rotatable bonds is 3. The van der Waals surface area contributed by atoms with E-state index >= 15 is 0 Å². The standard InChI is InChI=1S/C22H23BrN2O3S/c1-28-19-8-4-17(5-9-19)21(27)25-14-15-29-22(25)10-12-24(13-11-22)20(26)16-2-6-18(23)7-3-16/h2-9H,10-15H2,1H3. The van der Waals surface area contributed by atoms with Crippen LogP contribution >= 0.6 is 27.7 Å². The van der Waals surface area contributed by atoms with Crippen molar-refractivity contribution >= 4 is 39.5 Å². The Balaban J connectivity index is 1.45. The largest absolute Gasteiger partial charge is 0.497 e. The van der Waals surface area contributed by atoms with Crippen LogP contribution in [0.2, 0.25) is 0 Å². The predicted octanol–water partition coefficient (Wildman–Crippen LogP) is 4.28. The molecule has 2 saturated heterocycles. The Hall–Kier alpha value is -1.99. The molecule has 2 fully saturated rings. The van der Waals surface area contributed by atoms with Crippen molar-refractivity contribution in [1.29, 1.82) is 0 Å². The molecule has 152 valence electrons. The zero-order valence-electron chi connectivity index (χ0n) is 16.3. The number of ether oxygens (including phenoxy) is 1. The number of carbonyl (C=O) groups is 2. The molecule has 2 aromatic carbocycles. The van der Waals surface area contributed by atoms with Gasteiger partial charge in [-0.1, -0.05) is 15.9 Å². The Bertz CT molecular complexity index is 893. The van der Waals surface area contributed by atoms with E-state index in [4.69, 9.17) is 4.74 Å². The van der Waals surface area contributed by atoms with Gasteiger partial charge >= 0.3 is 0 Å². The molecule has 0 aromatic heterocycles. The lowest BCUT2D eigenvalue weighted by atomic mass is 10.00. The Labute approximate surface area is 183 Å². The van der Waals surface area contributed by atoms with Crippen LogP contribution in [0.5, 0.6) is 5.75 Å². The Morgan fingerprint density at radius 1 is 0.931 bits per heavy atom. The molecule has 2 heterocycles. The van der Waals surface area contributed by atoms with Gasteiger partial charge in [0.1, 0.15) is 5.75 Å². The molecule has 0 saturated carbocycles. The molecule has 7 heteroatoms. The molecule has 2 amide bonds. The molecule has 0 bridgehead atoms. The van der Waals surface area contributed by atoms with E-state index < -0.39 is 0 Å². The van der Waals surface area contributed by atoms with Crippen molar-refractivity contribution in [2.24, 2.45) is 0 Å². The minimum atomic E-state index is -0.215. The number of hydrogen-bond acceptors (Lipinski definition) is 4. The number of hydrogen-bond donors (Lipinski definition) is 0. The fourth-order valence-corrected chi connectivity index (χ4v) is 5.75. The number of amides is 2. The van der Waals surface area contributed by atoms with Crippen LogP contribution < -0.4 is 4.74 Å². The smallest absolute Gasteiger partial charge is 0.255 e. The number of piperidine rings is 1. The van der Waals surface area contributed by atoms with Gasteiger partial charge < -0.3 is 14.5 Å². The van der Waals surface area contributed by atoms with Crippen molar-refractivity contribution in [2.75, 3.05) is 32.5 Å². The maximum absolute atomic E-state index is 13.2. The molecule has 29 heavy (non-hydrogen) atoms. The van der Waals surface area contributed by atoms with Crippen LogP contribution in [0.25, 0.3) is 0 Å². The fourth-order valence-electron chi connectivity index (χ4n) is 4.03. The van der Waals surface area contributed by atoms with Gasteiger partial charge in [-0.2, -0.15) is 0 Å². The van der Waals surface area contributed by atoms with Crippen molar-refractivity contribution in [2.45, 2.75) is 17.7 Å². The summed E-state index contributed by atoms with van der Waals surface area (Å²) in [5, 5.41) is 0. The van der Waals surface area contributed by atoms with Crippen LogP contribution in [-0.4, -0.2) is 59.0 Å². The lowest BCUT2D eigenvalue weighted by molar-refractivity contribution is 0.0498. The van der Waals surface area contributed by atoms with E-state index in [2.05, 4.69) is 15.9 Å². The van der Waals surface area contributed by atoms with E-state index in [1.807, 2.05) is 70.1 Å². The first kappa shape index (κ1) is 20.3. The van der Waals surface area contributed by atoms with Gasteiger partial charge in [0.15, 0.2) is 0 Å². The lowest BCUT2D eigenvalue weighted by Crippen LogP contribution is -2.53. The van der Waals surface area contributed by atoms with Crippen LogP contribution in [0.1, 0.15) is 33.6 Å². The highest BCUT2D eigenvalue weighted by molar-refractivity contribution is 9.10. The summed E-state index contributed by atoms with van der Waals surface area (Å²) >= 11 is 5.26. The van der Waals surface area contributed by atoms with Crippen molar-refractivity contribution in [3.63, 3.8) is 0 Å². The van der Waals surface area contributed by atoms with Crippen LogP contribution in [0, 0.1) is 0 Å². The maximum atomic E-state index is 13.2. The summed E-state index contributed by atoms with van der Waals surface area (Å²) in [6, 6.07) is 14.8. The van der Waals surface area contributed by atoms with Crippen molar-refractivity contribution in [3.8, 4) is 5.75 Å². The summed E-state index contributed by atoms with van der Waals surface area (Å²) in [5.74, 6) is 1.79. The van der Waals surface area contributed by atoms with Crippen LogP contribution in [0.4, 0.5) is 0 Å². The zero-order valence-corrected chi connectivity index (χ0v) is 18.7. The number of likely N-dealkylation sites (tertiary alicyclic amines) is 1. The van der Waals surface area contributed by atoms with Gasteiger partial charge in [-0.3, -0.25) is 9.59 Å². The molecule has 0 unspecified atom stereocenters. The highest BCUT2D eigenvalue weighted by atomic mass is 79.9. The number of nitrogens with zero attached hydrogens (tertiary/aromatic N) is 2. The van der Waals surface area contributed by atoms with E-state index in [0.29, 0.717) is 24.2 Å². The monoisotopic (exact) mass is 474 g/mol. The molecule has 4 rings (SSSR count).